The van der Waals surface area contributed by atoms with Crippen molar-refractivity contribution in [3.8, 4) is 0 Å². The van der Waals surface area contributed by atoms with Gasteiger partial charge in [-0.25, -0.2) is 0 Å². The molecule has 0 aliphatic carbocycles. The average Bonchev–Trinajstić information content (AvgIpc) is 2.53. The van der Waals surface area contributed by atoms with E-state index in [1.165, 1.54) is 11.3 Å². The molecule has 12 heavy (non-hydrogen) atoms. The van der Waals surface area contributed by atoms with E-state index in [1.54, 1.807) is 0 Å². The zero-order chi connectivity index (χ0) is 8.39. The Labute approximate surface area is 72.1 Å². The Bertz CT molecular complexity index is 303. The number of hydroxylamine groups is 1. The third kappa shape index (κ3) is 1.20. The fourth-order valence-electron chi connectivity index (χ4n) is 1.47. The highest BCUT2D eigenvalue weighted by Crippen LogP contribution is 2.08. The lowest BCUT2D eigenvalue weighted by Crippen LogP contribution is -2.09. The van der Waals surface area contributed by atoms with Crippen LogP contribution in [0.25, 0.3) is 0 Å². The summed E-state index contributed by atoms with van der Waals surface area (Å²) in [6, 6.07) is 10.4. The summed E-state index contributed by atoms with van der Waals surface area (Å²) in [6.07, 6.45) is 1.01. The molecule has 0 saturated carbocycles. The van der Waals surface area contributed by atoms with Gasteiger partial charge in [0.1, 0.15) is 0 Å². The molecule has 0 fully saturated rings. The van der Waals surface area contributed by atoms with Crippen LogP contribution < -0.4 is 0 Å². The molecular weight excluding hydrogens is 150 g/mol. The SMILES string of the molecule is C[N+]1=C(c2ccccc2)CCO1. The standard InChI is InChI=1S/C10H12NO/c1-11-10(7-8-12-11)9-5-3-2-4-6-9/h2-6H,7-8H2,1H3/q+1. The lowest BCUT2D eigenvalue weighted by Gasteiger charge is -1.93. The monoisotopic (exact) mass is 162 g/mol. The molecule has 1 heterocycles. The molecule has 1 aliphatic rings. The van der Waals surface area contributed by atoms with Crippen molar-refractivity contribution >= 4 is 5.71 Å². The molecule has 2 rings (SSSR count). The van der Waals surface area contributed by atoms with E-state index in [2.05, 4.69) is 24.3 Å². The largest absolute Gasteiger partial charge is 0.276 e. The summed E-state index contributed by atoms with van der Waals surface area (Å²) in [5.41, 5.74) is 2.54. The quantitative estimate of drug-likeness (QED) is 0.569. The molecule has 0 N–H and O–H groups in total. The van der Waals surface area contributed by atoms with Crippen molar-refractivity contribution < 1.29 is 9.58 Å². The third-order valence-corrected chi connectivity index (χ3v) is 2.11. The second-order valence-corrected chi connectivity index (χ2v) is 2.89. The number of rotatable bonds is 1. The van der Waals surface area contributed by atoms with Gasteiger partial charge in [0.15, 0.2) is 13.7 Å². The normalized spacial score (nSPS) is 16.4. The van der Waals surface area contributed by atoms with Crippen LogP contribution in [0.3, 0.4) is 0 Å². The second-order valence-electron chi connectivity index (χ2n) is 2.89. The van der Waals surface area contributed by atoms with E-state index in [4.69, 9.17) is 4.84 Å². The van der Waals surface area contributed by atoms with Gasteiger partial charge in [-0.15, -0.1) is 0 Å². The molecule has 0 unspecified atom stereocenters. The van der Waals surface area contributed by atoms with Crippen molar-refractivity contribution in [1.82, 2.24) is 0 Å². The van der Waals surface area contributed by atoms with Crippen molar-refractivity contribution in [3.05, 3.63) is 35.9 Å². The lowest BCUT2D eigenvalue weighted by molar-refractivity contribution is -0.757. The average molecular weight is 162 g/mol. The fourth-order valence-corrected chi connectivity index (χ4v) is 1.47. The van der Waals surface area contributed by atoms with Crippen LogP contribution in [0.2, 0.25) is 0 Å². The molecular formula is C10H12NO+. The molecule has 1 aromatic rings. The van der Waals surface area contributed by atoms with Crippen LogP contribution in [-0.2, 0) is 4.84 Å². The Kier molecular flexibility index (Phi) is 1.82. The van der Waals surface area contributed by atoms with Gasteiger partial charge in [0, 0.05) is 5.56 Å². The number of nitrogens with zero attached hydrogens (tertiary/aromatic N) is 1. The maximum absolute atomic E-state index is 5.32. The summed E-state index contributed by atoms with van der Waals surface area (Å²) >= 11 is 0. The Morgan fingerprint density at radius 2 is 2.00 bits per heavy atom. The van der Waals surface area contributed by atoms with Crippen molar-refractivity contribution in [2.45, 2.75) is 6.42 Å². The first-order chi connectivity index (χ1) is 5.88. The van der Waals surface area contributed by atoms with Gasteiger partial charge in [0.2, 0.25) is 5.71 Å². The highest BCUT2D eigenvalue weighted by molar-refractivity contribution is 5.97. The first-order valence-electron chi connectivity index (χ1n) is 4.16. The van der Waals surface area contributed by atoms with Crippen LogP contribution in [0.15, 0.2) is 30.3 Å². The highest BCUT2D eigenvalue weighted by Gasteiger charge is 2.22. The summed E-state index contributed by atoms with van der Waals surface area (Å²) in [6.45, 7) is 0.806. The Morgan fingerprint density at radius 3 is 2.58 bits per heavy atom. The van der Waals surface area contributed by atoms with Gasteiger partial charge in [0.25, 0.3) is 0 Å². The van der Waals surface area contributed by atoms with Gasteiger partial charge in [-0.2, -0.15) is 0 Å². The molecule has 0 aromatic heterocycles. The highest BCUT2D eigenvalue weighted by atomic mass is 16.7. The number of benzene rings is 1. The van der Waals surface area contributed by atoms with Crippen LogP contribution in [0, 0.1) is 0 Å². The summed E-state index contributed by atoms with van der Waals surface area (Å²) in [7, 11) is 1.95. The molecule has 0 radical (unpaired) electrons. The van der Waals surface area contributed by atoms with Crippen molar-refractivity contribution in [2.75, 3.05) is 13.7 Å². The van der Waals surface area contributed by atoms with Gasteiger partial charge in [0.05, 0.1) is 6.42 Å². The summed E-state index contributed by atoms with van der Waals surface area (Å²) < 4.78 is 1.86. The Morgan fingerprint density at radius 1 is 1.25 bits per heavy atom. The molecule has 1 aliphatic heterocycles. The van der Waals surface area contributed by atoms with Gasteiger partial charge >= 0.3 is 0 Å². The fraction of sp³-hybridized carbons (Fsp3) is 0.300. The molecule has 1 aromatic carbocycles. The van der Waals surface area contributed by atoms with E-state index in [-0.39, 0.29) is 0 Å². The lowest BCUT2D eigenvalue weighted by atomic mass is 10.1. The third-order valence-electron chi connectivity index (χ3n) is 2.11. The summed E-state index contributed by atoms with van der Waals surface area (Å²) in [5, 5.41) is 0. The summed E-state index contributed by atoms with van der Waals surface area (Å²) in [5.74, 6) is 0. The minimum atomic E-state index is 0.806. The molecule has 62 valence electrons. The molecule has 0 saturated heterocycles. The zero-order valence-electron chi connectivity index (χ0n) is 7.16. The van der Waals surface area contributed by atoms with Crippen molar-refractivity contribution in [3.63, 3.8) is 0 Å². The molecule has 2 nitrogen and oxygen atoms in total. The van der Waals surface area contributed by atoms with Crippen LogP contribution in [0.1, 0.15) is 12.0 Å². The Balaban J connectivity index is 2.37. The smallest absolute Gasteiger partial charge is 0.238 e. The first kappa shape index (κ1) is 7.35. The minimum Gasteiger partial charge on any atom is -0.276 e. The van der Waals surface area contributed by atoms with Gasteiger partial charge in [-0.3, -0.25) is 4.84 Å². The van der Waals surface area contributed by atoms with Crippen LogP contribution in [-0.4, -0.2) is 24.1 Å². The van der Waals surface area contributed by atoms with Crippen molar-refractivity contribution in [1.29, 1.82) is 0 Å². The number of hydrogen-bond acceptors (Lipinski definition) is 1. The topological polar surface area (TPSA) is 12.2 Å². The van der Waals surface area contributed by atoms with E-state index >= 15 is 0 Å². The first-order valence-corrected chi connectivity index (χ1v) is 4.16. The predicted molar refractivity (Wildman–Crippen MR) is 47.3 cm³/mol. The van der Waals surface area contributed by atoms with Gasteiger partial charge < -0.3 is 0 Å². The minimum absolute atomic E-state index is 0.806. The maximum atomic E-state index is 5.32. The summed E-state index contributed by atoms with van der Waals surface area (Å²) in [4.78, 5) is 5.32. The maximum Gasteiger partial charge on any atom is 0.238 e. The van der Waals surface area contributed by atoms with Crippen molar-refractivity contribution in [2.24, 2.45) is 0 Å². The molecule has 2 heteroatoms. The molecule has 0 atom stereocenters. The second kappa shape index (κ2) is 2.97. The van der Waals surface area contributed by atoms with Gasteiger partial charge in [-0.1, -0.05) is 18.2 Å². The van der Waals surface area contributed by atoms with E-state index in [0.29, 0.717) is 0 Å². The molecule has 0 bridgehead atoms. The van der Waals surface area contributed by atoms with E-state index < -0.39 is 0 Å². The van der Waals surface area contributed by atoms with Crippen LogP contribution in [0.5, 0.6) is 0 Å². The predicted octanol–water partition coefficient (Wildman–Crippen LogP) is 1.45. The zero-order valence-corrected chi connectivity index (χ0v) is 7.16. The van der Waals surface area contributed by atoms with E-state index in [1.807, 2.05) is 17.9 Å². The molecule has 0 amide bonds. The number of hydrogen-bond donors (Lipinski definition) is 0. The van der Waals surface area contributed by atoms with E-state index in [9.17, 15) is 0 Å². The van der Waals surface area contributed by atoms with Crippen LogP contribution in [0.4, 0.5) is 0 Å². The molecule has 0 spiro atoms. The van der Waals surface area contributed by atoms with Gasteiger partial charge in [-0.05, 0) is 16.9 Å². The van der Waals surface area contributed by atoms with E-state index in [0.717, 1.165) is 13.0 Å². The van der Waals surface area contributed by atoms with Crippen LogP contribution >= 0.6 is 0 Å². The Hall–Kier alpha value is -1.31.